The van der Waals surface area contributed by atoms with Gasteiger partial charge in [-0.3, -0.25) is 9.59 Å². The predicted molar refractivity (Wildman–Crippen MR) is 108 cm³/mol. The molecule has 27 heavy (non-hydrogen) atoms. The van der Waals surface area contributed by atoms with Crippen molar-refractivity contribution in [1.82, 2.24) is 15.2 Å². The number of likely N-dealkylation sites (tertiary alicyclic amines) is 1. The summed E-state index contributed by atoms with van der Waals surface area (Å²) in [5.74, 6) is 0.0904. The van der Waals surface area contributed by atoms with E-state index in [0.717, 1.165) is 31.2 Å². The zero-order chi connectivity index (χ0) is 19.4. The molecule has 0 saturated carbocycles. The quantitative estimate of drug-likeness (QED) is 0.764. The van der Waals surface area contributed by atoms with Crippen molar-refractivity contribution in [1.29, 1.82) is 0 Å². The Morgan fingerprint density at radius 1 is 1.26 bits per heavy atom. The van der Waals surface area contributed by atoms with Gasteiger partial charge in [0.1, 0.15) is 6.04 Å². The molecule has 146 valence electrons. The highest BCUT2D eigenvalue weighted by molar-refractivity contribution is 5.88. The number of carbonyl (C=O) groups is 2. The minimum absolute atomic E-state index is 0.00585. The Labute approximate surface area is 161 Å². The fourth-order valence-electron chi connectivity index (χ4n) is 3.84. The van der Waals surface area contributed by atoms with Crippen molar-refractivity contribution in [2.75, 3.05) is 13.1 Å². The van der Waals surface area contributed by atoms with Crippen molar-refractivity contribution in [3.8, 4) is 0 Å². The maximum atomic E-state index is 12.6. The Balaban J connectivity index is 1.48. The lowest BCUT2D eigenvalue weighted by atomic mass is 9.91. The zero-order valence-electron chi connectivity index (χ0n) is 16.7. The van der Waals surface area contributed by atoms with E-state index in [1.54, 1.807) is 4.90 Å². The molecule has 1 aromatic carbocycles. The molecule has 0 radical (unpaired) electrons. The third-order valence-electron chi connectivity index (χ3n) is 5.15. The first kappa shape index (κ1) is 19.5. The summed E-state index contributed by atoms with van der Waals surface area (Å²) in [5, 5.41) is 4.29. The maximum absolute atomic E-state index is 12.6. The molecule has 1 unspecified atom stereocenters. The van der Waals surface area contributed by atoms with E-state index < -0.39 is 0 Å². The summed E-state index contributed by atoms with van der Waals surface area (Å²) in [6.07, 6.45) is 6.01. The second kappa shape index (κ2) is 8.15. The lowest BCUT2D eigenvalue weighted by molar-refractivity contribution is -0.139. The number of hydrogen-bond acceptors (Lipinski definition) is 2. The lowest BCUT2D eigenvalue weighted by Gasteiger charge is -2.27. The minimum atomic E-state index is -0.298. The van der Waals surface area contributed by atoms with Crippen LogP contribution < -0.4 is 5.32 Å². The molecule has 2 aromatic rings. The van der Waals surface area contributed by atoms with Crippen molar-refractivity contribution in [3.63, 3.8) is 0 Å². The SMILES string of the molecule is CC(C)(C)CC(=O)N1CCCC1C(=O)NCCCc1c[nH]c2ccccc12. The Bertz CT molecular complexity index is 803. The molecule has 3 rings (SSSR count). The van der Waals surface area contributed by atoms with Crippen LogP contribution in [-0.2, 0) is 16.0 Å². The van der Waals surface area contributed by atoms with Gasteiger partial charge in [0, 0.05) is 36.6 Å². The number of aromatic nitrogens is 1. The van der Waals surface area contributed by atoms with Crippen molar-refractivity contribution >= 4 is 22.7 Å². The first-order valence-corrected chi connectivity index (χ1v) is 9.97. The van der Waals surface area contributed by atoms with Gasteiger partial charge < -0.3 is 15.2 Å². The molecule has 2 N–H and O–H groups in total. The Kier molecular flexibility index (Phi) is 5.88. The zero-order valence-corrected chi connectivity index (χ0v) is 16.7. The fraction of sp³-hybridized carbons (Fsp3) is 0.545. The fourth-order valence-corrected chi connectivity index (χ4v) is 3.84. The van der Waals surface area contributed by atoms with Gasteiger partial charge in [-0.1, -0.05) is 39.0 Å². The van der Waals surface area contributed by atoms with Gasteiger partial charge in [0.15, 0.2) is 0 Å². The number of rotatable bonds is 6. The molecule has 5 heteroatoms. The van der Waals surface area contributed by atoms with E-state index in [-0.39, 0.29) is 23.3 Å². The number of H-pyrrole nitrogens is 1. The summed E-state index contributed by atoms with van der Waals surface area (Å²) < 4.78 is 0. The smallest absolute Gasteiger partial charge is 0.242 e. The van der Waals surface area contributed by atoms with Gasteiger partial charge >= 0.3 is 0 Å². The molecule has 1 aliphatic heterocycles. The first-order chi connectivity index (χ1) is 12.8. The number of aryl methyl sites for hydroxylation is 1. The third-order valence-corrected chi connectivity index (χ3v) is 5.15. The number of hydrogen-bond donors (Lipinski definition) is 2. The summed E-state index contributed by atoms with van der Waals surface area (Å²) in [4.78, 5) is 30.2. The first-order valence-electron chi connectivity index (χ1n) is 9.97. The molecule has 1 aromatic heterocycles. The Morgan fingerprint density at radius 3 is 2.81 bits per heavy atom. The molecule has 1 fully saturated rings. The summed E-state index contributed by atoms with van der Waals surface area (Å²) in [6.45, 7) is 7.50. The van der Waals surface area contributed by atoms with E-state index in [1.165, 1.54) is 10.9 Å². The van der Waals surface area contributed by atoms with Crippen LogP contribution in [0.5, 0.6) is 0 Å². The molecule has 5 nitrogen and oxygen atoms in total. The summed E-state index contributed by atoms with van der Waals surface area (Å²) in [7, 11) is 0. The van der Waals surface area contributed by atoms with Crippen LogP contribution in [-0.4, -0.2) is 40.8 Å². The Hall–Kier alpha value is -2.30. The molecular formula is C22H31N3O2. The number of aromatic amines is 1. The van der Waals surface area contributed by atoms with Crippen LogP contribution in [0.1, 0.15) is 52.0 Å². The van der Waals surface area contributed by atoms with Gasteiger partial charge in [0.05, 0.1) is 0 Å². The van der Waals surface area contributed by atoms with E-state index in [9.17, 15) is 9.59 Å². The normalized spacial score (nSPS) is 17.4. The number of benzene rings is 1. The highest BCUT2D eigenvalue weighted by atomic mass is 16.2. The molecule has 0 bridgehead atoms. The van der Waals surface area contributed by atoms with E-state index >= 15 is 0 Å². The average Bonchev–Trinajstić information content (AvgIpc) is 3.24. The van der Waals surface area contributed by atoms with Crippen LogP contribution in [0.25, 0.3) is 10.9 Å². The van der Waals surface area contributed by atoms with Crippen LogP contribution >= 0.6 is 0 Å². The van der Waals surface area contributed by atoms with Gasteiger partial charge in [-0.05, 0) is 42.7 Å². The van der Waals surface area contributed by atoms with Crippen molar-refractivity contribution in [2.24, 2.45) is 5.41 Å². The van der Waals surface area contributed by atoms with Crippen molar-refractivity contribution < 1.29 is 9.59 Å². The van der Waals surface area contributed by atoms with Crippen LogP contribution in [0.4, 0.5) is 0 Å². The summed E-state index contributed by atoms with van der Waals surface area (Å²) in [5.41, 5.74) is 2.37. The predicted octanol–water partition coefficient (Wildman–Crippen LogP) is 3.64. The molecule has 2 heterocycles. The van der Waals surface area contributed by atoms with Gasteiger partial charge in [-0.2, -0.15) is 0 Å². The molecule has 1 saturated heterocycles. The largest absolute Gasteiger partial charge is 0.361 e. The van der Waals surface area contributed by atoms with Crippen LogP contribution in [0, 0.1) is 5.41 Å². The average molecular weight is 370 g/mol. The van der Waals surface area contributed by atoms with Gasteiger partial charge in [-0.15, -0.1) is 0 Å². The van der Waals surface area contributed by atoms with Gasteiger partial charge in [-0.25, -0.2) is 0 Å². The van der Waals surface area contributed by atoms with Crippen LogP contribution in [0.3, 0.4) is 0 Å². The molecule has 0 spiro atoms. The molecule has 0 aliphatic carbocycles. The second-order valence-corrected chi connectivity index (χ2v) is 8.74. The highest BCUT2D eigenvalue weighted by Gasteiger charge is 2.35. The maximum Gasteiger partial charge on any atom is 0.242 e. The van der Waals surface area contributed by atoms with E-state index in [0.29, 0.717) is 19.5 Å². The summed E-state index contributed by atoms with van der Waals surface area (Å²) in [6, 6.07) is 7.97. The number of para-hydroxylation sites is 1. The minimum Gasteiger partial charge on any atom is -0.361 e. The van der Waals surface area contributed by atoms with Gasteiger partial charge in [0.2, 0.25) is 11.8 Å². The number of nitrogens with one attached hydrogen (secondary N) is 2. The second-order valence-electron chi connectivity index (χ2n) is 8.74. The van der Waals surface area contributed by atoms with Crippen LogP contribution in [0.2, 0.25) is 0 Å². The number of amides is 2. The van der Waals surface area contributed by atoms with Crippen molar-refractivity contribution in [3.05, 3.63) is 36.0 Å². The monoisotopic (exact) mass is 369 g/mol. The topological polar surface area (TPSA) is 65.2 Å². The molecule has 1 atom stereocenters. The molecule has 1 aliphatic rings. The summed E-state index contributed by atoms with van der Waals surface area (Å²) >= 11 is 0. The van der Waals surface area contributed by atoms with Gasteiger partial charge in [0.25, 0.3) is 0 Å². The molecular weight excluding hydrogens is 338 g/mol. The van der Waals surface area contributed by atoms with E-state index in [2.05, 4.69) is 49.4 Å². The van der Waals surface area contributed by atoms with Crippen molar-refractivity contribution in [2.45, 2.75) is 58.9 Å². The molecule has 2 amide bonds. The van der Waals surface area contributed by atoms with E-state index in [1.807, 2.05) is 12.1 Å². The lowest BCUT2D eigenvalue weighted by Crippen LogP contribution is -2.46. The number of nitrogens with zero attached hydrogens (tertiary/aromatic N) is 1. The standard InChI is InChI=1S/C22H31N3O2/c1-22(2,3)14-20(26)25-13-7-11-19(25)21(27)23-12-6-8-16-15-24-18-10-5-4-9-17(16)18/h4-5,9-10,15,19,24H,6-8,11-14H2,1-3H3,(H,23,27). The van der Waals surface area contributed by atoms with E-state index in [4.69, 9.17) is 0 Å². The van der Waals surface area contributed by atoms with Crippen LogP contribution in [0.15, 0.2) is 30.5 Å². The Morgan fingerprint density at radius 2 is 2.04 bits per heavy atom. The number of carbonyl (C=O) groups excluding carboxylic acids is 2. The number of fused-ring (bicyclic) bond motifs is 1. The highest BCUT2D eigenvalue weighted by Crippen LogP contribution is 2.25. The third kappa shape index (κ3) is 4.90.